The average molecular weight is 321 g/mol. The van der Waals surface area contributed by atoms with E-state index in [1.807, 2.05) is 43.3 Å². The number of likely N-dealkylation sites (N-methyl/N-ethyl adjacent to an activating group) is 1. The fourth-order valence-electron chi connectivity index (χ4n) is 2.92. The van der Waals surface area contributed by atoms with Crippen LogP contribution >= 0.6 is 0 Å². The van der Waals surface area contributed by atoms with Crippen LogP contribution in [0.3, 0.4) is 0 Å². The Bertz CT molecular complexity index is 759. The Balaban J connectivity index is 1.90. The minimum atomic E-state index is -0.325. The van der Waals surface area contributed by atoms with E-state index in [2.05, 4.69) is 4.98 Å². The third-order valence-electron chi connectivity index (χ3n) is 4.34. The van der Waals surface area contributed by atoms with Gasteiger partial charge < -0.3 is 4.90 Å². The van der Waals surface area contributed by atoms with Crippen molar-refractivity contribution in [3.05, 3.63) is 72.1 Å². The Morgan fingerprint density at radius 2 is 1.92 bits per heavy atom. The molecule has 24 heavy (non-hydrogen) atoms. The Morgan fingerprint density at radius 3 is 2.58 bits per heavy atom. The van der Waals surface area contributed by atoms with Crippen LogP contribution in [0, 0.1) is 0 Å². The van der Waals surface area contributed by atoms with Crippen LogP contribution in [0.1, 0.15) is 24.1 Å². The van der Waals surface area contributed by atoms with Gasteiger partial charge in [-0.1, -0.05) is 36.4 Å². The number of imide groups is 1. The summed E-state index contributed by atoms with van der Waals surface area (Å²) >= 11 is 0. The second-order valence-corrected chi connectivity index (χ2v) is 5.82. The van der Waals surface area contributed by atoms with Crippen molar-refractivity contribution in [3.63, 3.8) is 0 Å². The van der Waals surface area contributed by atoms with E-state index < -0.39 is 0 Å². The molecule has 0 saturated carbocycles. The van der Waals surface area contributed by atoms with Crippen molar-refractivity contribution < 1.29 is 9.59 Å². The summed E-state index contributed by atoms with van der Waals surface area (Å²) < 4.78 is 0. The van der Waals surface area contributed by atoms with Gasteiger partial charge in [0.1, 0.15) is 0 Å². The molecule has 122 valence electrons. The van der Waals surface area contributed by atoms with E-state index in [1.54, 1.807) is 36.5 Å². The first kappa shape index (κ1) is 15.9. The van der Waals surface area contributed by atoms with Crippen molar-refractivity contribution in [1.82, 2.24) is 14.8 Å². The Labute approximate surface area is 141 Å². The summed E-state index contributed by atoms with van der Waals surface area (Å²) in [6, 6.07) is 12.6. The van der Waals surface area contributed by atoms with Crippen LogP contribution < -0.4 is 0 Å². The molecular formula is C19H19N3O2. The van der Waals surface area contributed by atoms with E-state index >= 15 is 0 Å². The molecule has 1 aromatic heterocycles. The molecule has 5 nitrogen and oxygen atoms in total. The highest BCUT2D eigenvalue weighted by Crippen LogP contribution is 2.34. The molecular weight excluding hydrogens is 302 g/mol. The molecule has 0 radical (unpaired) electrons. The van der Waals surface area contributed by atoms with Gasteiger partial charge in [0.05, 0.1) is 12.1 Å². The summed E-state index contributed by atoms with van der Waals surface area (Å²) in [6.45, 7) is 1.95. The highest BCUT2D eigenvalue weighted by Gasteiger charge is 2.44. The number of rotatable bonds is 3. The summed E-state index contributed by atoms with van der Waals surface area (Å²) in [4.78, 5) is 32.2. The van der Waals surface area contributed by atoms with E-state index in [0.29, 0.717) is 0 Å². The van der Waals surface area contributed by atoms with Crippen molar-refractivity contribution in [2.24, 2.45) is 0 Å². The Hall–Kier alpha value is -2.95. The number of hydrogen-bond donors (Lipinski definition) is 0. The minimum Gasteiger partial charge on any atom is -0.322 e. The van der Waals surface area contributed by atoms with Crippen LogP contribution in [-0.4, -0.2) is 39.8 Å². The molecule has 1 unspecified atom stereocenters. The maximum absolute atomic E-state index is 12.7. The second kappa shape index (κ2) is 6.66. The molecule has 2 heterocycles. The van der Waals surface area contributed by atoms with Crippen LogP contribution in [0.5, 0.6) is 0 Å². The van der Waals surface area contributed by atoms with Gasteiger partial charge in [0.25, 0.3) is 5.91 Å². The number of carbonyl (C=O) groups is 2. The summed E-state index contributed by atoms with van der Waals surface area (Å²) in [6.07, 6.45) is 6.44. The molecule has 5 heteroatoms. The number of hydrogen-bond acceptors (Lipinski definition) is 3. The van der Waals surface area contributed by atoms with Crippen LogP contribution in [0.2, 0.25) is 0 Å². The predicted octanol–water partition coefficient (Wildman–Crippen LogP) is 3.12. The van der Waals surface area contributed by atoms with Gasteiger partial charge in [0, 0.05) is 25.5 Å². The topological polar surface area (TPSA) is 53.5 Å². The molecule has 0 spiro atoms. The molecule has 0 aliphatic carbocycles. The van der Waals surface area contributed by atoms with E-state index in [1.165, 1.54) is 11.0 Å². The fraction of sp³-hybridized carbons (Fsp3) is 0.211. The SMILES string of the molecule is C[C@H]1C(c2ccccc2)N(C(=O)C=Cc2cccnc2)C(=O)N1C. The van der Waals surface area contributed by atoms with E-state index in [0.717, 1.165) is 11.1 Å². The number of aromatic nitrogens is 1. The fourth-order valence-corrected chi connectivity index (χ4v) is 2.92. The minimum absolute atomic E-state index is 0.0874. The summed E-state index contributed by atoms with van der Waals surface area (Å²) in [5.41, 5.74) is 1.76. The van der Waals surface area contributed by atoms with Gasteiger partial charge in [0.15, 0.2) is 0 Å². The van der Waals surface area contributed by atoms with E-state index in [-0.39, 0.29) is 24.0 Å². The molecule has 2 aromatic rings. The summed E-state index contributed by atoms with van der Waals surface area (Å²) in [7, 11) is 1.72. The van der Waals surface area contributed by atoms with Gasteiger partial charge in [-0.25, -0.2) is 4.79 Å². The maximum Gasteiger partial charge on any atom is 0.327 e. The summed E-state index contributed by atoms with van der Waals surface area (Å²) in [5.74, 6) is -0.325. The first-order chi connectivity index (χ1) is 11.6. The van der Waals surface area contributed by atoms with Gasteiger partial charge in [-0.05, 0) is 30.2 Å². The predicted molar refractivity (Wildman–Crippen MR) is 91.9 cm³/mol. The highest BCUT2D eigenvalue weighted by molar-refractivity contribution is 6.04. The zero-order chi connectivity index (χ0) is 17.1. The standard InChI is InChI=1S/C19H19N3O2/c1-14-18(16-8-4-3-5-9-16)22(19(24)21(14)2)17(23)11-10-15-7-6-12-20-13-15/h3-14,18H,1-2H3/t14-,18?/m0/s1. The van der Waals surface area contributed by atoms with E-state index in [4.69, 9.17) is 0 Å². The number of nitrogens with zero attached hydrogens (tertiary/aromatic N) is 3. The lowest BCUT2D eigenvalue weighted by Crippen LogP contribution is -2.35. The molecule has 0 bridgehead atoms. The number of amides is 3. The van der Waals surface area contributed by atoms with Gasteiger partial charge in [-0.2, -0.15) is 0 Å². The number of urea groups is 1. The van der Waals surface area contributed by atoms with Crippen molar-refractivity contribution in [2.75, 3.05) is 7.05 Å². The first-order valence-corrected chi connectivity index (χ1v) is 7.82. The Kier molecular flexibility index (Phi) is 4.42. The lowest BCUT2D eigenvalue weighted by molar-refractivity contribution is -0.124. The van der Waals surface area contributed by atoms with Gasteiger partial charge >= 0.3 is 6.03 Å². The highest BCUT2D eigenvalue weighted by atomic mass is 16.2. The number of benzene rings is 1. The molecule has 0 N–H and O–H groups in total. The average Bonchev–Trinajstić information content (AvgIpc) is 2.85. The van der Waals surface area contributed by atoms with Gasteiger partial charge in [-0.3, -0.25) is 14.7 Å². The molecule has 3 amide bonds. The Morgan fingerprint density at radius 1 is 1.17 bits per heavy atom. The van der Waals surface area contributed by atoms with Gasteiger partial charge in [-0.15, -0.1) is 0 Å². The molecule has 1 fully saturated rings. The zero-order valence-electron chi connectivity index (χ0n) is 13.7. The second-order valence-electron chi connectivity index (χ2n) is 5.82. The summed E-state index contributed by atoms with van der Waals surface area (Å²) in [5, 5.41) is 0. The largest absolute Gasteiger partial charge is 0.327 e. The molecule has 1 aliphatic rings. The third kappa shape index (κ3) is 2.93. The maximum atomic E-state index is 12.7. The number of carbonyl (C=O) groups excluding carboxylic acids is 2. The molecule has 1 aromatic carbocycles. The first-order valence-electron chi connectivity index (χ1n) is 7.82. The monoisotopic (exact) mass is 321 g/mol. The normalized spacial score (nSPS) is 20.8. The van der Waals surface area contributed by atoms with Crippen molar-refractivity contribution >= 4 is 18.0 Å². The zero-order valence-corrected chi connectivity index (χ0v) is 13.7. The molecule has 2 atom stereocenters. The van der Waals surface area contributed by atoms with Crippen LogP contribution in [0.25, 0.3) is 6.08 Å². The lowest BCUT2D eigenvalue weighted by Gasteiger charge is -2.23. The smallest absolute Gasteiger partial charge is 0.322 e. The molecule has 3 rings (SSSR count). The van der Waals surface area contributed by atoms with Crippen molar-refractivity contribution in [2.45, 2.75) is 19.0 Å². The number of pyridine rings is 1. The van der Waals surface area contributed by atoms with Crippen LogP contribution in [-0.2, 0) is 4.79 Å². The third-order valence-corrected chi connectivity index (χ3v) is 4.34. The van der Waals surface area contributed by atoms with E-state index in [9.17, 15) is 9.59 Å². The van der Waals surface area contributed by atoms with Gasteiger partial charge in [0.2, 0.25) is 0 Å². The van der Waals surface area contributed by atoms with Crippen molar-refractivity contribution in [1.29, 1.82) is 0 Å². The molecule has 1 saturated heterocycles. The molecule has 1 aliphatic heterocycles. The van der Waals surface area contributed by atoms with Crippen LogP contribution in [0.4, 0.5) is 4.79 Å². The van der Waals surface area contributed by atoms with Crippen molar-refractivity contribution in [3.8, 4) is 0 Å². The van der Waals surface area contributed by atoms with Crippen LogP contribution in [0.15, 0.2) is 60.9 Å². The lowest BCUT2D eigenvalue weighted by atomic mass is 10.0. The quantitative estimate of drug-likeness (QED) is 0.816.